The van der Waals surface area contributed by atoms with E-state index in [9.17, 15) is 24.5 Å². The summed E-state index contributed by atoms with van der Waals surface area (Å²) >= 11 is 0. The minimum atomic E-state index is -4.91. The molecule has 4 rings (SSSR count). The highest BCUT2D eigenvalue weighted by Crippen LogP contribution is 2.62. The fourth-order valence-electron chi connectivity index (χ4n) is 4.81. The third kappa shape index (κ3) is 3.73. The van der Waals surface area contributed by atoms with Crippen LogP contribution in [0.2, 0.25) is 0 Å². The van der Waals surface area contributed by atoms with Gasteiger partial charge in [-0.2, -0.15) is 0 Å². The minimum absolute atomic E-state index is 0.0459. The van der Waals surface area contributed by atoms with Crippen molar-refractivity contribution < 1.29 is 33.3 Å². The SMILES string of the molecule is CC1(Oc2ccccc2[N+](=O)[O-])C(C)(C)[C@](C)(n2cnc3c(N)ncnc32)O[C@]1(C)COP(=O)(O)O. The number of nitro groups is 1. The zero-order valence-corrected chi connectivity index (χ0v) is 21.2. The number of nitro benzene ring substituents is 1. The maximum absolute atomic E-state index is 11.7. The number of nitrogens with zero attached hydrogens (tertiary/aromatic N) is 5. The van der Waals surface area contributed by atoms with Crippen LogP contribution in [0.1, 0.15) is 34.6 Å². The van der Waals surface area contributed by atoms with Crippen LogP contribution in [-0.2, 0) is 19.6 Å². The fourth-order valence-corrected chi connectivity index (χ4v) is 5.22. The van der Waals surface area contributed by atoms with Crippen LogP contribution in [0.4, 0.5) is 11.5 Å². The molecule has 1 saturated heterocycles. The van der Waals surface area contributed by atoms with Crippen LogP contribution in [0.3, 0.4) is 0 Å². The second-order valence-electron chi connectivity index (χ2n) is 9.61. The van der Waals surface area contributed by atoms with Crippen molar-refractivity contribution in [1.82, 2.24) is 19.5 Å². The molecule has 3 heterocycles. The molecule has 2 aromatic heterocycles. The van der Waals surface area contributed by atoms with Crippen molar-refractivity contribution >= 4 is 30.5 Å². The van der Waals surface area contributed by atoms with Gasteiger partial charge in [-0.3, -0.25) is 19.2 Å². The van der Waals surface area contributed by atoms with Gasteiger partial charge in [0.05, 0.1) is 23.3 Å². The Kier molecular flexibility index (Phi) is 5.89. The summed E-state index contributed by atoms with van der Waals surface area (Å²) in [6.45, 7) is 7.96. The molecule has 14 nitrogen and oxygen atoms in total. The summed E-state index contributed by atoms with van der Waals surface area (Å²) in [4.78, 5) is 42.6. The first-order valence-electron chi connectivity index (χ1n) is 10.8. The number of benzene rings is 1. The van der Waals surface area contributed by atoms with Crippen molar-refractivity contribution in [2.24, 2.45) is 5.41 Å². The summed E-state index contributed by atoms with van der Waals surface area (Å²) in [6, 6.07) is 5.83. The maximum atomic E-state index is 11.7. The summed E-state index contributed by atoms with van der Waals surface area (Å²) in [5.41, 5.74) is 0.960. The van der Waals surface area contributed by atoms with Crippen LogP contribution < -0.4 is 10.5 Å². The van der Waals surface area contributed by atoms with E-state index in [4.69, 9.17) is 19.7 Å². The first-order chi connectivity index (χ1) is 16.6. The summed E-state index contributed by atoms with van der Waals surface area (Å²) < 4.78 is 31.1. The molecular formula is C21H27N6O8P. The molecular weight excluding hydrogens is 495 g/mol. The number of nitrogen functional groups attached to an aromatic ring is 1. The third-order valence-corrected chi connectivity index (χ3v) is 7.96. The second kappa shape index (κ2) is 8.18. The molecule has 1 unspecified atom stereocenters. The number of phosphoric ester groups is 1. The minimum Gasteiger partial charge on any atom is -0.477 e. The molecule has 1 aromatic carbocycles. The summed E-state index contributed by atoms with van der Waals surface area (Å²) in [5, 5.41) is 11.7. The molecule has 0 aliphatic carbocycles. The monoisotopic (exact) mass is 522 g/mol. The van der Waals surface area contributed by atoms with E-state index in [0.717, 1.165) is 0 Å². The number of phosphoric acid groups is 1. The molecule has 1 aliphatic rings. The standard InChI is InChI=1S/C21H27N6O8P/c1-18(2)20(4,34-14-9-7-6-8-13(14)27(28)29)19(3,10-33-36(30,31)32)35-21(18,5)26-12-25-15-16(22)23-11-24-17(15)26/h6-9,11-12H,10H2,1-5H3,(H2,22,23,24)(H2,30,31,32)/t19-,20?,21-/m1/s1. The zero-order chi connectivity index (χ0) is 26.7. The largest absolute Gasteiger partial charge is 0.477 e. The molecule has 3 aromatic rings. The van der Waals surface area contributed by atoms with Crippen molar-refractivity contribution in [3.63, 3.8) is 0 Å². The van der Waals surface area contributed by atoms with Crippen LogP contribution in [0, 0.1) is 15.5 Å². The lowest BCUT2D eigenvalue weighted by Gasteiger charge is -2.47. The molecule has 194 valence electrons. The van der Waals surface area contributed by atoms with Gasteiger partial charge in [-0.25, -0.2) is 19.5 Å². The Morgan fingerprint density at radius 1 is 1.17 bits per heavy atom. The van der Waals surface area contributed by atoms with Gasteiger partial charge in [0.25, 0.3) is 0 Å². The molecule has 0 bridgehead atoms. The highest BCUT2D eigenvalue weighted by atomic mass is 31.2. The van der Waals surface area contributed by atoms with Crippen molar-refractivity contribution in [2.45, 2.75) is 51.5 Å². The number of anilines is 1. The molecule has 36 heavy (non-hydrogen) atoms. The Morgan fingerprint density at radius 3 is 2.47 bits per heavy atom. The van der Waals surface area contributed by atoms with Crippen molar-refractivity contribution in [2.75, 3.05) is 12.3 Å². The number of fused-ring (bicyclic) bond motifs is 1. The smallest absolute Gasteiger partial charge is 0.469 e. The van der Waals surface area contributed by atoms with Gasteiger partial charge in [-0.1, -0.05) is 26.0 Å². The average Bonchev–Trinajstić information content (AvgIpc) is 3.27. The number of hydrogen-bond acceptors (Lipinski definition) is 10. The van der Waals surface area contributed by atoms with Gasteiger partial charge in [0, 0.05) is 6.07 Å². The Hall–Kier alpha value is -3.16. The summed E-state index contributed by atoms with van der Waals surface area (Å²) in [5.74, 6) is 0.111. The van der Waals surface area contributed by atoms with Gasteiger partial charge in [0.2, 0.25) is 0 Å². The molecule has 1 aliphatic heterocycles. The quantitative estimate of drug-likeness (QED) is 0.233. The van der Waals surface area contributed by atoms with Crippen LogP contribution >= 0.6 is 7.82 Å². The van der Waals surface area contributed by atoms with E-state index in [-0.39, 0.29) is 17.3 Å². The van der Waals surface area contributed by atoms with E-state index in [0.29, 0.717) is 11.2 Å². The number of nitrogens with two attached hydrogens (primary N) is 1. The Morgan fingerprint density at radius 2 is 1.83 bits per heavy atom. The van der Waals surface area contributed by atoms with E-state index in [1.54, 1.807) is 45.3 Å². The predicted molar refractivity (Wildman–Crippen MR) is 127 cm³/mol. The molecule has 0 amide bonds. The lowest BCUT2D eigenvalue weighted by atomic mass is 9.65. The number of aromatic nitrogens is 4. The van der Waals surface area contributed by atoms with E-state index in [1.165, 1.54) is 30.9 Å². The van der Waals surface area contributed by atoms with Crippen molar-refractivity contribution in [3.05, 3.63) is 47.0 Å². The molecule has 4 N–H and O–H groups in total. The van der Waals surface area contributed by atoms with Crippen LogP contribution in [0.25, 0.3) is 11.2 Å². The number of hydrogen-bond donors (Lipinski definition) is 3. The van der Waals surface area contributed by atoms with Gasteiger partial charge in [-0.15, -0.1) is 0 Å². The summed E-state index contributed by atoms with van der Waals surface area (Å²) in [6.07, 6.45) is 2.75. The normalized spacial score (nSPS) is 27.9. The van der Waals surface area contributed by atoms with Gasteiger partial charge in [0.1, 0.15) is 23.0 Å². The van der Waals surface area contributed by atoms with Gasteiger partial charge in [0.15, 0.2) is 22.9 Å². The van der Waals surface area contributed by atoms with Gasteiger partial charge in [-0.05, 0) is 26.8 Å². The van der Waals surface area contributed by atoms with Crippen molar-refractivity contribution in [1.29, 1.82) is 0 Å². The predicted octanol–water partition coefficient (Wildman–Crippen LogP) is 2.75. The first kappa shape index (κ1) is 25.9. The van der Waals surface area contributed by atoms with Gasteiger partial charge < -0.3 is 25.0 Å². The Balaban J connectivity index is 1.92. The Labute approximate surface area is 205 Å². The first-order valence-corrected chi connectivity index (χ1v) is 12.4. The van der Waals surface area contributed by atoms with Crippen molar-refractivity contribution in [3.8, 4) is 5.75 Å². The Bertz CT molecular complexity index is 1390. The molecule has 3 atom stereocenters. The molecule has 1 fully saturated rings. The lowest BCUT2D eigenvalue weighted by molar-refractivity contribution is -0.386. The van der Waals surface area contributed by atoms with E-state index < -0.39 is 41.7 Å². The van der Waals surface area contributed by atoms with E-state index in [2.05, 4.69) is 15.0 Å². The topological polar surface area (TPSA) is 198 Å². The molecule has 0 saturated carbocycles. The van der Waals surface area contributed by atoms with Crippen LogP contribution in [-0.4, -0.2) is 52.0 Å². The summed E-state index contributed by atoms with van der Waals surface area (Å²) in [7, 11) is -4.91. The average molecular weight is 522 g/mol. The van der Waals surface area contributed by atoms with Gasteiger partial charge >= 0.3 is 13.5 Å². The number of imidazole rings is 1. The molecule has 15 heteroatoms. The molecule has 0 spiro atoms. The third-order valence-electron chi connectivity index (χ3n) is 7.49. The number of para-hydroxylation sites is 2. The fraction of sp³-hybridized carbons (Fsp3) is 0.476. The van der Waals surface area contributed by atoms with E-state index in [1.807, 2.05) is 0 Å². The van der Waals surface area contributed by atoms with E-state index >= 15 is 0 Å². The zero-order valence-electron chi connectivity index (χ0n) is 20.3. The maximum Gasteiger partial charge on any atom is 0.469 e. The highest BCUT2D eigenvalue weighted by molar-refractivity contribution is 7.46. The molecule has 0 radical (unpaired) electrons. The number of ether oxygens (including phenoxy) is 2. The highest BCUT2D eigenvalue weighted by Gasteiger charge is 2.73. The second-order valence-corrected chi connectivity index (χ2v) is 10.9. The lowest BCUT2D eigenvalue weighted by Crippen LogP contribution is -2.61. The van der Waals surface area contributed by atoms with Crippen LogP contribution in [0.15, 0.2) is 36.9 Å². The van der Waals surface area contributed by atoms with Crippen LogP contribution in [0.5, 0.6) is 5.75 Å². The number of rotatable bonds is 7.